The zero-order chi connectivity index (χ0) is 19.2. The molecule has 9 heteroatoms. The molecule has 0 spiro atoms. The van der Waals surface area contributed by atoms with Crippen LogP contribution in [-0.2, 0) is 21.4 Å². The van der Waals surface area contributed by atoms with Crippen molar-refractivity contribution in [2.24, 2.45) is 5.84 Å². The second kappa shape index (κ2) is 8.65. The molecule has 0 bridgehead atoms. The summed E-state index contributed by atoms with van der Waals surface area (Å²) in [4.78, 5) is 11.7. The summed E-state index contributed by atoms with van der Waals surface area (Å²) >= 11 is 0. The molecule has 2 aromatic carbocycles. The highest BCUT2D eigenvalue weighted by Gasteiger charge is 2.27. The van der Waals surface area contributed by atoms with Crippen LogP contribution < -0.4 is 20.7 Å². The van der Waals surface area contributed by atoms with E-state index >= 15 is 0 Å². The maximum Gasteiger partial charge on any atom is 0.249 e. The van der Waals surface area contributed by atoms with E-state index in [1.165, 1.54) is 32.4 Å². The third-order valence-electron chi connectivity index (χ3n) is 3.68. The number of carbonyl (C=O) groups is 1. The summed E-state index contributed by atoms with van der Waals surface area (Å²) < 4.78 is 37.5. The molecule has 2 aromatic rings. The first-order valence-electron chi connectivity index (χ1n) is 7.68. The minimum absolute atomic E-state index is 0.0177. The molecule has 1 amide bonds. The normalized spacial score (nSPS) is 11.2. The van der Waals surface area contributed by atoms with Gasteiger partial charge in [0.05, 0.1) is 25.7 Å². The lowest BCUT2D eigenvalue weighted by molar-refractivity contribution is -0.121. The molecule has 0 aliphatic rings. The predicted molar refractivity (Wildman–Crippen MR) is 95.9 cm³/mol. The number of amides is 1. The number of benzene rings is 2. The molecule has 0 atom stereocenters. The van der Waals surface area contributed by atoms with E-state index in [1.807, 2.05) is 11.5 Å². The van der Waals surface area contributed by atoms with Gasteiger partial charge in [-0.3, -0.25) is 10.2 Å². The Morgan fingerprint density at radius 2 is 1.73 bits per heavy atom. The van der Waals surface area contributed by atoms with E-state index in [2.05, 4.69) is 0 Å². The van der Waals surface area contributed by atoms with Gasteiger partial charge in [0.1, 0.15) is 0 Å². The van der Waals surface area contributed by atoms with Gasteiger partial charge in [0, 0.05) is 12.6 Å². The van der Waals surface area contributed by atoms with Crippen molar-refractivity contribution >= 4 is 15.9 Å². The summed E-state index contributed by atoms with van der Waals surface area (Å²) in [6, 6.07) is 13.2. The highest BCUT2D eigenvalue weighted by atomic mass is 32.2. The topological polar surface area (TPSA) is 111 Å². The predicted octanol–water partition coefficient (Wildman–Crippen LogP) is 0.885. The molecule has 3 N–H and O–H groups in total. The molecule has 140 valence electrons. The zero-order valence-corrected chi connectivity index (χ0v) is 15.3. The summed E-state index contributed by atoms with van der Waals surface area (Å²) in [6.45, 7) is -0.396. The molecule has 8 nitrogen and oxygen atoms in total. The minimum atomic E-state index is -3.98. The van der Waals surface area contributed by atoms with E-state index in [0.717, 1.165) is 9.87 Å². The van der Waals surface area contributed by atoms with Crippen molar-refractivity contribution in [3.8, 4) is 11.5 Å². The van der Waals surface area contributed by atoms with Gasteiger partial charge in [-0.05, 0) is 17.7 Å². The number of rotatable bonds is 8. The lowest BCUT2D eigenvalue weighted by Crippen LogP contribution is -2.42. The van der Waals surface area contributed by atoms with Gasteiger partial charge in [-0.2, -0.15) is 4.31 Å². The standard InChI is InChI=1S/C17H21N3O5S/c1-24-15-9-8-14(10-16(15)25-2)26(22,23)20(12-17(21)19-18)11-13-6-4-3-5-7-13/h3-10H,11-12,18H2,1-2H3,(H,19,21). The quantitative estimate of drug-likeness (QED) is 0.400. The molecule has 0 unspecified atom stereocenters. The molecule has 0 heterocycles. The van der Waals surface area contributed by atoms with Gasteiger partial charge < -0.3 is 9.47 Å². The van der Waals surface area contributed by atoms with Crippen LogP contribution in [0.2, 0.25) is 0 Å². The lowest BCUT2D eigenvalue weighted by atomic mass is 10.2. The second-order valence-electron chi connectivity index (χ2n) is 5.34. The maximum atomic E-state index is 13.1. The van der Waals surface area contributed by atoms with E-state index in [0.29, 0.717) is 5.75 Å². The van der Waals surface area contributed by atoms with Gasteiger partial charge >= 0.3 is 0 Å². The number of hydrogen-bond acceptors (Lipinski definition) is 6. The van der Waals surface area contributed by atoms with Crippen molar-refractivity contribution in [2.45, 2.75) is 11.4 Å². The van der Waals surface area contributed by atoms with Crippen LogP contribution in [0.3, 0.4) is 0 Å². The van der Waals surface area contributed by atoms with Crippen LogP contribution in [0.1, 0.15) is 5.56 Å². The Kier molecular flexibility index (Phi) is 6.56. The van der Waals surface area contributed by atoms with E-state index in [4.69, 9.17) is 15.3 Å². The molecule has 2 rings (SSSR count). The Balaban J connectivity index is 2.42. The van der Waals surface area contributed by atoms with Gasteiger partial charge in [0.15, 0.2) is 11.5 Å². The van der Waals surface area contributed by atoms with Crippen molar-refractivity contribution in [3.05, 3.63) is 54.1 Å². The number of carbonyl (C=O) groups excluding carboxylic acids is 1. The van der Waals surface area contributed by atoms with Crippen molar-refractivity contribution in [1.82, 2.24) is 9.73 Å². The third-order valence-corrected chi connectivity index (χ3v) is 5.46. The zero-order valence-electron chi connectivity index (χ0n) is 14.5. The van der Waals surface area contributed by atoms with E-state index in [9.17, 15) is 13.2 Å². The monoisotopic (exact) mass is 379 g/mol. The molecule has 0 fully saturated rings. The fourth-order valence-electron chi connectivity index (χ4n) is 2.34. The smallest absolute Gasteiger partial charge is 0.249 e. The Morgan fingerprint density at radius 3 is 2.31 bits per heavy atom. The van der Waals surface area contributed by atoms with Gasteiger partial charge in [-0.25, -0.2) is 14.3 Å². The molecule has 26 heavy (non-hydrogen) atoms. The number of hydrogen-bond donors (Lipinski definition) is 2. The molecule has 0 saturated heterocycles. The van der Waals surface area contributed by atoms with Gasteiger partial charge in [-0.1, -0.05) is 30.3 Å². The number of nitrogens with zero attached hydrogens (tertiary/aromatic N) is 1. The Labute approximate surface area is 152 Å². The third kappa shape index (κ3) is 4.51. The van der Waals surface area contributed by atoms with E-state index < -0.39 is 22.5 Å². The first-order chi connectivity index (χ1) is 12.4. The number of ether oxygens (including phenoxy) is 2. The number of hydrazine groups is 1. The summed E-state index contributed by atoms with van der Waals surface area (Å²) in [5.74, 6) is 5.18. The van der Waals surface area contributed by atoms with E-state index in [-0.39, 0.29) is 17.2 Å². The summed E-state index contributed by atoms with van der Waals surface area (Å²) in [5, 5.41) is 0. The van der Waals surface area contributed by atoms with Crippen molar-refractivity contribution in [1.29, 1.82) is 0 Å². The molecule has 0 aliphatic carbocycles. The Bertz CT molecular complexity index is 856. The molecule has 0 aliphatic heterocycles. The number of sulfonamides is 1. The number of methoxy groups -OCH3 is 2. The fraction of sp³-hybridized carbons (Fsp3) is 0.235. The van der Waals surface area contributed by atoms with Crippen LogP contribution in [-0.4, -0.2) is 39.4 Å². The van der Waals surface area contributed by atoms with Crippen LogP contribution in [0.25, 0.3) is 0 Å². The average molecular weight is 379 g/mol. The van der Waals surface area contributed by atoms with Crippen LogP contribution in [0, 0.1) is 0 Å². The lowest BCUT2D eigenvalue weighted by Gasteiger charge is -2.22. The van der Waals surface area contributed by atoms with E-state index in [1.54, 1.807) is 24.3 Å². The first kappa shape index (κ1) is 19.7. The van der Waals surface area contributed by atoms with Gasteiger partial charge in [0.2, 0.25) is 15.9 Å². The Morgan fingerprint density at radius 1 is 1.08 bits per heavy atom. The SMILES string of the molecule is COc1ccc(S(=O)(=O)N(CC(=O)NN)Cc2ccccc2)cc1OC. The minimum Gasteiger partial charge on any atom is -0.493 e. The fourth-order valence-corrected chi connectivity index (χ4v) is 3.75. The summed E-state index contributed by atoms with van der Waals surface area (Å²) in [6.07, 6.45) is 0. The average Bonchev–Trinajstić information content (AvgIpc) is 2.67. The largest absolute Gasteiger partial charge is 0.493 e. The highest BCUT2D eigenvalue weighted by molar-refractivity contribution is 7.89. The van der Waals surface area contributed by atoms with Gasteiger partial charge in [0.25, 0.3) is 0 Å². The molecule has 0 saturated carbocycles. The van der Waals surface area contributed by atoms with Gasteiger partial charge in [-0.15, -0.1) is 0 Å². The van der Waals surface area contributed by atoms with Crippen LogP contribution in [0.15, 0.2) is 53.4 Å². The summed E-state index contributed by atoms with van der Waals surface area (Å²) in [7, 11) is -1.11. The molecule has 0 radical (unpaired) electrons. The van der Waals surface area contributed by atoms with Crippen LogP contribution >= 0.6 is 0 Å². The van der Waals surface area contributed by atoms with Crippen LogP contribution in [0.5, 0.6) is 11.5 Å². The number of nitrogens with one attached hydrogen (secondary N) is 1. The highest BCUT2D eigenvalue weighted by Crippen LogP contribution is 2.31. The molecule has 0 aromatic heterocycles. The second-order valence-corrected chi connectivity index (χ2v) is 7.28. The molecular weight excluding hydrogens is 358 g/mol. The Hall–Kier alpha value is -2.62. The number of nitrogens with two attached hydrogens (primary N) is 1. The molecular formula is C17H21N3O5S. The van der Waals surface area contributed by atoms with Crippen molar-refractivity contribution in [2.75, 3.05) is 20.8 Å². The first-order valence-corrected chi connectivity index (χ1v) is 9.12. The van der Waals surface area contributed by atoms with Crippen molar-refractivity contribution in [3.63, 3.8) is 0 Å². The maximum absolute atomic E-state index is 13.1. The van der Waals surface area contributed by atoms with Crippen molar-refractivity contribution < 1.29 is 22.7 Å². The summed E-state index contributed by atoms with van der Waals surface area (Å²) in [5.41, 5.74) is 2.69. The van der Waals surface area contributed by atoms with Crippen LogP contribution in [0.4, 0.5) is 0 Å².